The van der Waals surface area contributed by atoms with Gasteiger partial charge in [0.15, 0.2) is 0 Å². The number of methoxy groups -OCH3 is 1. The number of carbonyl (C=O) groups excluding carboxylic acids is 1. The topological polar surface area (TPSA) is 63.2 Å². The fourth-order valence-electron chi connectivity index (χ4n) is 1.39. The van der Waals surface area contributed by atoms with Crippen LogP contribution >= 0.6 is 0 Å². The second kappa shape index (κ2) is 8.47. The van der Waals surface area contributed by atoms with Crippen molar-refractivity contribution < 1.29 is 9.53 Å². The van der Waals surface area contributed by atoms with Gasteiger partial charge in [0.25, 0.3) is 5.91 Å². The van der Waals surface area contributed by atoms with Gasteiger partial charge in [-0.1, -0.05) is 13.3 Å². The van der Waals surface area contributed by atoms with E-state index in [4.69, 9.17) is 4.74 Å². The molecule has 0 aromatic carbocycles. The standard InChI is InChI=1S/C13H21N3O2/c1-3-4-7-15-13(17)11-5-6-12(16-10-11)14-8-9-18-2/h5-6,10H,3-4,7-9H2,1-2H3,(H,14,16)(H,15,17). The molecule has 1 amide bonds. The molecular weight excluding hydrogens is 230 g/mol. The van der Waals surface area contributed by atoms with Gasteiger partial charge in [0.1, 0.15) is 5.82 Å². The lowest BCUT2D eigenvalue weighted by atomic mass is 10.2. The van der Waals surface area contributed by atoms with Crippen molar-refractivity contribution in [1.29, 1.82) is 0 Å². The number of pyridine rings is 1. The fraction of sp³-hybridized carbons (Fsp3) is 0.538. The molecule has 100 valence electrons. The SMILES string of the molecule is CCCCNC(=O)c1ccc(NCCOC)nc1. The molecule has 0 saturated heterocycles. The zero-order chi connectivity index (χ0) is 13.2. The van der Waals surface area contributed by atoms with Crippen LogP contribution in [0.3, 0.4) is 0 Å². The number of nitrogens with one attached hydrogen (secondary N) is 2. The molecule has 0 atom stereocenters. The molecule has 1 aromatic rings. The maximum atomic E-state index is 11.7. The highest BCUT2D eigenvalue weighted by atomic mass is 16.5. The van der Waals surface area contributed by atoms with Gasteiger partial charge in [0.05, 0.1) is 12.2 Å². The van der Waals surface area contributed by atoms with Gasteiger partial charge in [0.2, 0.25) is 0 Å². The van der Waals surface area contributed by atoms with Crippen LogP contribution in [0.4, 0.5) is 5.82 Å². The number of carbonyl (C=O) groups is 1. The highest BCUT2D eigenvalue weighted by Crippen LogP contribution is 2.04. The van der Waals surface area contributed by atoms with E-state index >= 15 is 0 Å². The number of hydrogen-bond acceptors (Lipinski definition) is 4. The van der Waals surface area contributed by atoms with E-state index in [-0.39, 0.29) is 5.91 Å². The lowest BCUT2D eigenvalue weighted by Gasteiger charge is -2.06. The molecular formula is C13H21N3O2. The molecule has 0 spiro atoms. The Morgan fingerprint density at radius 2 is 2.22 bits per heavy atom. The molecule has 0 bridgehead atoms. The van der Waals surface area contributed by atoms with E-state index in [2.05, 4.69) is 22.5 Å². The summed E-state index contributed by atoms with van der Waals surface area (Å²) in [6.07, 6.45) is 3.65. The predicted octanol–water partition coefficient (Wildman–Crippen LogP) is 1.67. The summed E-state index contributed by atoms with van der Waals surface area (Å²) in [5, 5.41) is 5.95. The Bertz CT molecular complexity index is 352. The van der Waals surface area contributed by atoms with E-state index in [0.29, 0.717) is 25.3 Å². The Morgan fingerprint density at radius 1 is 1.39 bits per heavy atom. The van der Waals surface area contributed by atoms with Gasteiger partial charge < -0.3 is 15.4 Å². The van der Waals surface area contributed by atoms with E-state index in [1.54, 1.807) is 25.4 Å². The third-order valence-corrected chi connectivity index (χ3v) is 2.45. The average Bonchev–Trinajstić information content (AvgIpc) is 2.40. The first-order valence-electron chi connectivity index (χ1n) is 6.25. The number of ether oxygens (including phenoxy) is 1. The van der Waals surface area contributed by atoms with Crippen molar-refractivity contribution >= 4 is 11.7 Å². The Labute approximate surface area is 108 Å². The minimum absolute atomic E-state index is 0.0700. The number of nitrogens with zero attached hydrogens (tertiary/aromatic N) is 1. The number of unbranched alkanes of at least 4 members (excludes halogenated alkanes) is 1. The van der Waals surface area contributed by atoms with Crippen LogP contribution in [-0.4, -0.2) is 37.7 Å². The highest BCUT2D eigenvalue weighted by molar-refractivity contribution is 5.93. The second-order valence-electron chi connectivity index (χ2n) is 3.96. The van der Waals surface area contributed by atoms with Crippen LogP contribution < -0.4 is 10.6 Å². The number of amides is 1. The number of hydrogen-bond donors (Lipinski definition) is 2. The maximum Gasteiger partial charge on any atom is 0.252 e. The largest absolute Gasteiger partial charge is 0.383 e. The van der Waals surface area contributed by atoms with Crippen molar-refractivity contribution in [2.75, 3.05) is 32.1 Å². The molecule has 18 heavy (non-hydrogen) atoms. The summed E-state index contributed by atoms with van der Waals surface area (Å²) >= 11 is 0. The second-order valence-corrected chi connectivity index (χ2v) is 3.96. The Balaban J connectivity index is 2.41. The molecule has 1 rings (SSSR count). The Kier molecular flexibility index (Phi) is 6.79. The summed E-state index contributed by atoms with van der Waals surface area (Å²) in [5.74, 6) is 0.677. The number of anilines is 1. The van der Waals surface area contributed by atoms with Crippen molar-refractivity contribution in [3.8, 4) is 0 Å². The fourth-order valence-corrected chi connectivity index (χ4v) is 1.39. The first kappa shape index (κ1) is 14.4. The van der Waals surface area contributed by atoms with Crippen molar-refractivity contribution in [3.05, 3.63) is 23.9 Å². The third kappa shape index (κ3) is 5.14. The highest BCUT2D eigenvalue weighted by Gasteiger charge is 2.04. The van der Waals surface area contributed by atoms with E-state index in [0.717, 1.165) is 18.7 Å². The number of aromatic nitrogens is 1. The van der Waals surface area contributed by atoms with Gasteiger partial charge in [-0.05, 0) is 18.6 Å². The van der Waals surface area contributed by atoms with Crippen LogP contribution in [0.15, 0.2) is 18.3 Å². The average molecular weight is 251 g/mol. The first-order valence-corrected chi connectivity index (χ1v) is 6.25. The smallest absolute Gasteiger partial charge is 0.252 e. The molecule has 5 heteroatoms. The van der Waals surface area contributed by atoms with Crippen LogP contribution in [0, 0.1) is 0 Å². The van der Waals surface area contributed by atoms with Gasteiger partial charge in [-0.3, -0.25) is 4.79 Å². The van der Waals surface area contributed by atoms with Crippen molar-refractivity contribution in [2.24, 2.45) is 0 Å². The zero-order valence-electron chi connectivity index (χ0n) is 11.0. The summed E-state index contributed by atoms with van der Waals surface area (Å²) in [5.41, 5.74) is 0.586. The predicted molar refractivity (Wildman–Crippen MR) is 71.8 cm³/mol. The van der Waals surface area contributed by atoms with E-state index in [9.17, 15) is 4.79 Å². The molecule has 2 N–H and O–H groups in total. The summed E-state index contributed by atoms with van der Waals surface area (Å²) in [7, 11) is 1.65. The number of rotatable bonds is 8. The summed E-state index contributed by atoms with van der Waals surface area (Å²) in [6, 6.07) is 3.56. The lowest BCUT2D eigenvalue weighted by Crippen LogP contribution is -2.24. The van der Waals surface area contributed by atoms with Gasteiger partial charge in [-0.25, -0.2) is 4.98 Å². The van der Waals surface area contributed by atoms with Crippen molar-refractivity contribution in [3.63, 3.8) is 0 Å². The van der Waals surface area contributed by atoms with E-state index < -0.39 is 0 Å². The Hall–Kier alpha value is -1.62. The monoisotopic (exact) mass is 251 g/mol. The molecule has 0 unspecified atom stereocenters. The van der Waals surface area contributed by atoms with E-state index in [1.807, 2.05) is 0 Å². The minimum Gasteiger partial charge on any atom is -0.383 e. The Morgan fingerprint density at radius 3 is 2.83 bits per heavy atom. The zero-order valence-corrected chi connectivity index (χ0v) is 11.0. The molecule has 1 heterocycles. The van der Waals surface area contributed by atoms with Crippen LogP contribution in [0.25, 0.3) is 0 Å². The van der Waals surface area contributed by atoms with Gasteiger partial charge in [-0.2, -0.15) is 0 Å². The van der Waals surface area contributed by atoms with Crippen LogP contribution in [-0.2, 0) is 4.74 Å². The molecule has 0 aliphatic heterocycles. The summed E-state index contributed by atoms with van der Waals surface area (Å²) in [6.45, 7) is 4.13. The summed E-state index contributed by atoms with van der Waals surface area (Å²) < 4.78 is 4.93. The minimum atomic E-state index is -0.0700. The molecule has 0 saturated carbocycles. The van der Waals surface area contributed by atoms with E-state index in [1.165, 1.54) is 0 Å². The molecule has 0 aliphatic rings. The van der Waals surface area contributed by atoms with Crippen molar-refractivity contribution in [1.82, 2.24) is 10.3 Å². The summed E-state index contributed by atoms with van der Waals surface area (Å²) in [4.78, 5) is 15.9. The van der Waals surface area contributed by atoms with Crippen molar-refractivity contribution in [2.45, 2.75) is 19.8 Å². The van der Waals surface area contributed by atoms with Gasteiger partial charge >= 0.3 is 0 Å². The lowest BCUT2D eigenvalue weighted by molar-refractivity contribution is 0.0953. The molecule has 0 fully saturated rings. The van der Waals surface area contributed by atoms with Gasteiger partial charge in [0, 0.05) is 26.4 Å². The molecule has 1 aromatic heterocycles. The van der Waals surface area contributed by atoms with Crippen LogP contribution in [0.2, 0.25) is 0 Å². The molecule has 5 nitrogen and oxygen atoms in total. The van der Waals surface area contributed by atoms with Gasteiger partial charge in [-0.15, -0.1) is 0 Å². The first-order chi connectivity index (χ1) is 8.77. The van der Waals surface area contributed by atoms with Crippen LogP contribution in [0.1, 0.15) is 30.1 Å². The quantitative estimate of drug-likeness (QED) is 0.690. The molecule has 0 aliphatic carbocycles. The molecule has 0 radical (unpaired) electrons. The third-order valence-electron chi connectivity index (χ3n) is 2.45. The van der Waals surface area contributed by atoms with Crippen LogP contribution in [0.5, 0.6) is 0 Å². The normalized spacial score (nSPS) is 10.1. The maximum absolute atomic E-state index is 11.7.